The smallest absolute Gasteiger partial charge is 0.237 e. The number of methoxy groups -OCH3 is 1. The lowest BCUT2D eigenvalue weighted by molar-refractivity contribution is 0.225. The van der Waals surface area contributed by atoms with E-state index >= 15 is 0 Å². The van der Waals surface area contributed by atoms with Crippen LogP contribution in [-0.2, 0) is 0 Å². The summed E-state index contributed by atoms with van der Waals surface area (Å²) in [5.74, 6) is 2.16. The van der Waals surface area contributed by atoms with Gasteiger partial charge in [0.15, 0.2) is 0 Å². The van der Waals surface area contributed by atoms with Crippen LogP contribution in [0.2, 0.25) is 0 Å². The lowest BCUT2D eigenvalue weighted by Gasteiger charge is -2.33. The van der Waals surface area contributed by atoms with Crippen LogP contribution in [0.5, 0.6) is 5.88 Å². The molecule has 19 heavy (non-hydrogen) atoms. The Bertz CT molecular complexity index is 389. The predicted molar refractivity (Wildman–Crippen MR) is 76.1 cm³/mol. The minimum atomic E-state index is 0.265. The molecule has 1 fully saturated rings. The lowest BCUT2D eigenvalue weighted by Crippen LogP contribution is -2.31. The van der Waals surface area contributed by atoms with Crippen molar-refractivity contribution in [3.05, 3.63) is 18.1 Å². The standard InChI is InChI=1S/C15H25N3O/c1-4-16-13(12-7-5-11(2)6-8-12)14-15(19-3)18-10-9-17-14/h9-13,16H,4-8H2,1-3H3. The summed E-state index contributed by atoms with van der Waals surface area (Å²) in [6, 6.07) is 0.265. The van der Waals surface area contributed by atoms with Crippen molar-refractivity contribution in [2.45, 2.75) is 45.6 Å². The van der Waals surface area contributed by atoms with Gasteiger partial charge < -0.3 is 10.1 Å². The van der Waals surface area contributed by atoms with E-state index in [9.17, 15) is 0 Å². The van der Waals surface area contributed by atoms with Crippen LogP contribution in [0.3, 0.4) is 0 Å². The fourth-order valence-corrected chi connectivity index (χ4v) is 3.03. The third-order valence-electron chi connectivity index (χ3n) is 4.14. The molecule has 0 bridgehead atoms. The van der Waals surface area contributed by atoms with Crippen molar-refractivity contribution in [3.8, 4) is 5.88 Å². The summed E-state index contributed by atoms with van der Waals surface area (Å²) < 4.78 is 5.37. The average molecular weight is 263 g/mol. The Kier molecular flexibility index (Phi) is 5.14. The Hall–Kier alpha value is -1.16. The first-order chi connectivity index (χ1) is 9.26. The van der Waals surface area contributed by atoms with Gasteiger partial charge in [0, 0.05) is 12.4 Å². The van der Waals surface area contributed by atoms with Crippen molar-refractivity contribution in [1.29, 1.82) is 0 Å². The number of ether oxygens (including phenoxy) is 1. The van der Waals surface area contributed by atoms with Gasteiger partial charge in [-0.05, 0) is 31.2 Å². The van der Waals surface area contributed by atoms with E-state index in [0.29, 0.717) is 11.8 Å². The molecule has 0 amide bonds. The van der Waals surface area contributed by atoms with Crippen LogP contribution in [0.1, 0.15) is 51.3 Å². The van der Waals surface area contributed by atoms with Crippen molar-refractivity contribution in [3.63, 3.8) is 0 Å². The molecule has 106 valence electrons. The van der Waals surface area contributed by atoms with Gasteiger partial charge in [-0.2, -0.15) is 0 Å². The molecule has 1 saturated carbocycles. The Labute approximate surface area is 116 Å². The molecule has 0 spiro atoms. The minimum Gasteiger partial charge on any atom is -0.480 e. The number of hydrogen-bond acceptors (Lipinski definition) is 4. The summed E-state index contributed by atoms with van der Waals surface area (Å²) in [5, 5.41) is 3.58. The zero-order valence-electron chi connectivity index (χ0n) is 12.2. The Balaban J connectivity index is 2.19. The van der Waals surface area contributed by atoms with Crippen molar-refractivity contribution in [2.24, 2.45) is 11.8 Å². The molecule has 0 aliphatic heterocycles. The summed E-state index contributed by atoms with van der Waals surface area (Å²) in [6.45, 7) is 5.43. The minimum absolute atomic E-state index is 0.265. The molecule has 1 unspecified atom stereocenters. The molecule has 0 saturated heterocycles. The van der Waals surface area contributed by atoms with E-state index in [1.165, 1.54) is 25.7 Å². The molecule has 1 N–H and O–H groups in total. The topological polar surface area (TPSA) is 47.0 Å². The van der Waals surface area contributed by atoms with E-state index in [2.05, 4.69) is 29.1 Å². The van der Waals surface area contributed by atoms with Crippen LogP contribution in [0.4, 0.5) is 0 Å². The van der Waals surface area contributed by atoms with Gasteiger partial charge in [0.2, 0.25) is 5.88 Å². The molecule has 1 aromatic rings. The van der Waals surface area contributed by atoms with Gasteiger partial charge >= 0.3 is 0 Å². The number of nitrogens with one attached hydrogen (secondary N) is 1. The molecular formula is C15H25N3O. The highest BCUT2D eigenvalue weighted by Gasteiger charge is 2.29. The highest BCUT2D eigenvalue weighted by Crippen LogP contribution is 2.37. The van der Waals surface area contributed by atoms with Crippen LogP contribution >= 0.6 is 0 Å². The number of aromatic nitrogens is 2. The van der Waals surface area contributed by atoms with Crippen molar-refractivity contribution >= 4 is 0 Å². The molecule has 4 nitrogen and oxygen atoms in total. The van der Waals surface area contributed by atoms with Crippen LogP contribution in [0.15, 0.2) is 12.4 Å². The quantitative estimate of drug-likeness (QED) is 0.887. The zero-order chi connectivity index (χ0) is 13.7. The summed E-state index contributed by atoms with van der Waals surface area (Å²) >= 11 is 0. The maximum absolute atomic E-state index is 5.37. The SMILES string of the molecule is CCNC(c1nccnc1OC)C1CCC(C)CC1. The van der Waals surface area contributed by atoms with Crippen molar-refractivity contribution in [1.82, 2.24) is 15.3 Å². The van der Waals surface area contributed by atoms with Gasteiger partial charge in [0.25, 0.3) is 0 Å². The third-order valence-corrected chi connectivity index (χ3v) is 4.14. The van der Waals surface area contributed by atoms with Crippen LogP contribution in [0, 0.1) is 11.8 Å². The molecule has 2 rings (SSSR count). The molecule has 1 heterocycles. The van der Waals surface area contributed by atoms with E-state index < -0.39 is 0 Å². The fourth-order valence-electron chi connectivity index (χ4n) is 3.03. The molecule has 1 atom stereocenters. The normalized spacial score (nSPS) is 25.0. The summed E-state index contributed by atoms with van der Waals surface area (Å²) in [6.07, 6.45) is 8.60. The Morgan fingerprint density at radius 2 is 1.95 bits per heavy atom. The van der Waals surface area contributed by atoms with Gasteiger partial charge in [0.05, 0.1) is 13.2 Å². The van der Waals surface area contributed by atoms with Gasteiger partial charge in [-0.1, -0.05) is 26.7 Å². The summed E-state index contributed by atoms with van der Waals surface area (Å²) in [7, 11) is 1.67. The Morgan fingerprint density at radius 3 is 2.58 bits per heavy atom. The largest absolute Gasteiger partial charge is 0.480 e. The highest BCUT2D eigenvalue weighted by molar-refractivity contribution is 5.22. The van der Waals surface area contributed by atoms with Crippen LogP contribution in [-0.4, -0.2) is 23.6 Å². The summed E-state index contributed by atoms with van der Waals surface area (Å²) in [5.41, 5.74) is 0.964. The van der Waals surface area contributed by atoms with Crippen molar-refractivity contribution < 1.29 is 4.74 Å². The maximum Gasteiger partial charge on any atom is 0.237 e. The molecule has 1 aromatic heterocycles. The molecular weight excluding hydrogens is 238 g/mol. The molecule has 0 radical (unpaired) electrons. The predicted octanol–water partition coefficient (Wildman–Crippen LogP) is 2.96. The number of nitrogens with zero attached hydrogens (tertiary/aromatic N) is 2. The second-order valence-electron chi connectivity index (χ2n) is 5.51. The summed E-state index contributed by atoms with van der Waals surface area (Å²) in [4.78, 5) is 8.80. The Morgan fingerprint density at radius 1 is 1.26 bits per heavy atom. The van der Waals surface area contributed by atoms with Gasteiger partial charge in [-0.15, -0.1) is 0 Å². The first kappa shape index (κ1) is 14.3. The second-order valence-corrected chi connectivity index (χ2v) is 5.51. The van der Waals surface area contributed by atoms with E-state index in [-0.39, 0.29) is 6.04 Å². The second kappa shape index (κ2) is 6.85. The monoisotopic (exact) mass is 263 g/mol. The molecule has 1 aliphatic rings. The van der Waals surface area contributed by atoms with Gasteiger partial charge in [-0.3, -0.25) is 4.98 Å². The maximum atomic E-state index is 5.37. The first-order valence-corrected chi connectivity index (χ1v) is 7.34. The lowest BCUT2D eigenvalue weighted by atomic mass is 9.78. The van der Waals surface area contributed by atoms with Crippen LogP contribution < -0.4 is 10.1 Å². The van der Waals surface area contributed by atoms with E-state index in [1.54, 1.807) is 19.5 Å². The first-order valence-electron chi connectivity index (χ1n) is 7.34. The van der Waals surface area contributed by atoms with E-state index in [4.69, 9.17) is 4.74 Å². The molecule has 1 aliphatic carbocycles. The fraction of sp³-hybridized carbons (Fsp3) is 0.733. The molecule has 4 heteroatoms. The average Bonchev–Trinajstić information content (AvgIpc) is 2.46. The van der Waals surface area contributed by atoms with E-state index in [1.807, 2.05) is 0 Å². The highest BCUT2D eigenvalue weighted by atomic mass is 16.5. The number of hydrogen-bond donors (Lipinski definition) is 1. The van der Waals surface area contributed by atoms with Crippen LogP contribution in [0.25, 0.3) is 0 Å². The van der Waals surface area contributed by atoms with Gasteiger partial charge in [0.1, 0.15) is 5.69 Å². The van der Waals surface area contributed by atoms with Crippen molar-refractivity contribution in [2.75, 3.05) is 13.7 Å². The van der Waals surface area contributed by atoms with E-state index in [0.717, 1.165) is 18.2 Å². The third kappa shape index (κ3) is 3.44. The number of rotatable bonds is 5. The molecule has 0 aromatic carbocycles. The zero-order valence-corrected chi connectivity index (χ0v) is 12.2. The van der Waals surface area contributed by atoms with Gasteiger partial charge in [-0.25, -0.2) is 4.98 Å².